The van der Waals surface area contributed by atoms with Crippen molar-refractivity contribution >= 4 is 11.6 Å². The summed E-state index contributed by atoms with van der Waals surface area (Å²) in [5.41, 5.74) is 2.26. The first-order valence-electron chi connectivity index (χ1n) is 9.21. The maximum atomic E-state index is 6.20. The number of nitrogens with two attached hydrogens (primary N) is 1. The third-order valence-electron chi connectivity index (χ3n) is 4.74. The minimum absolute atomic E-state index is 0.438. The Bertz CT molecular complexity index is 683. The molecule has 0 bridgehead atoms. The molecule has 1 aliphatic rings. The van der Waals surface area contributed by atoms with Crippen molar-refractivity contribution in [2.24, 2.45) is 0 Å². The van der Waals surface area contributed by atoms with Gasteiger partial charge in [0.25, 0.3) is 0 Å². The maximum Gasteiger partial charge on any atom is 0.161 e. The summed E-state index contributed by atoms with van der Waals surface area (Å²) in [7, 11) is 0. The Kier molecular flexibility index (Phi) is 6.60. The zero-order valence-electron chi connectivity index (χ0n) is 14.8. The number of halogens is 1. The van der Waals surface area contributed by atoms with Crippen LogP contribution in [0.25, 0.3) is 0 Å². The van der Waals surface area contributed by atoms with Gasteiger partial charge in [-0.05, 0) is 56.9 Å². The SMILES string of the molecule is CCOc1cc(C[NH2+]C2CCCC2)ccc1OCc1ccccc1Cl. The Hall–Kier alpha value is -1.71. The molecule has 0 radical (unpaired) electrons. The van der Waals surface area contributed by atoms with Crippen molar-refractivity contribution in [3.8, 4) is 11.5 Å². The Labute approximate surface area is 155 Å². The lowest BCUT2D eigenvalue weighted by molar-refractivity contribution is -0.703. The van der Waals surface area contributed by atoms with Crippen molar-refractivity contribution in [3.63, 3.8) is 0 Å². The molecule has 1 fully saturated rings. The van der Waals surface area contributed by atoms with Gasteiger partial charge in [-0.2, -0.15) is 0 Å². The smallest absolute Gasteiger partial charge is 0.161 e. The van der Waals surface area contributed by atoms with Crippen molar-refractivity contribution in [2.45, 2.75) is 51.8 Å². The molecule has 0 aromatic heterocycles. The molecule has 0 saturated heterocycles. The third kappa shape index (κ3) is 5.13. The Balaban J connectivity index is 1.64. The van der Waals surface area contributed by atoms with Crippen LogP contribution in [0.4, 0.5) is 0 Å². The zero-order chi connectivity index (χ0) is 17.5. The molecule has 3 nitrogen and oxygen atoms in total. The summed E-state index contributed by atoms with van der Waals surface area (Å²) in [6.07, 6.45) is 5.44. The van der Waals surface area contributed by atoms with E-state index in [-0.39, 0.29) is 0 Å². The van der Waals surface area contributed by atoms with Crippen molar-refractivity contribution < 1.29 is 14.8 Å². The number of rotatable bonds is 8. The fourth-order valence-electron chi connectivity index (χ4n) is 3.33. The van der Waals surface area contributed by atoms with Gasteiger partial charge in [-0.3, -0.25) is 0 Å². The molecule has 0 spiro atoms. The quantitative estimate of drug-likeness (QED) is 0.760. The van der Waals surface area contributed by atoms with E-state index in [0.717, 1.165) is 34.7 Å². The summed E-state index contributed by atoms with van der Waals surface area (Å²) in [6, 6.07) is 14.8. The molecule has 25 heavy (non-hydrogen) atoms. The van der Waals surface area contributed by atoms with Gasteiger partial charge in [0.05, 0.1) is 12.6 Å². The third-order valence-corrected chi connectivity index (χ3v) is 5.10. The maximum absolute atomic E-state index is 6.20. The first-order chi connectivity index (χ1) is 12.3. The summed E-state index contributed by atoms with van der Waals surface area (Å²) in [6.45, 7) is 4.05. The fourth-order valence-corrected chi connectivity index (χ4v) is 3.52. The summed E-state index contributed by atoms with van der Waals surface area (Å²) < 4.78 is 11.8. The predicted octanol–water partition coefficient (Wildman–Crippen LogP) is 4.32. The molecular weight excluding hydrogens is 334 g/mol. The molecule has 4 heteroatoms. The number of benzene rings is 2. The van der Waals surface area contributed by atoms with Crippen LogP contribution in [0, 0.1) is 0 Å². The van der Waals surface area contributed by atoms with Crippen molar-refractivity contribution in [3.05, 3.63) is 58.6 Å². The van der Waals surface area contributed by atoms with Gasteiger partial charge in [-0.25, -0.2) is 0 Å². The number of hydrogen-bond donors (Lipinski definition) is 1. The Morgan fingerprint density at radius 2 is 1.84 bits per heavy atom. The van der Waals surface area contributed by atoms with Crippen LogP contribution in [0.15, 0.2) is 42.5 Å². The van der Waals surface area contributed by atoms with Gasteiger partial charge in [0, 0.05) is 16.1 Å². The van der Waals surface area contributed by atoms with E-state index in [1.54, 1.807) is 0 Å². The first kappa shape index (κ1) is 18.1. The largest absolute Gasteiger partial charge is 0.490 e. The average molecular weight is 361 g/mol. The zero-order valence-corrected chi connectivity index (χ0v) is 15.6. The second-order valence-corrected chi connectivity index (χ2v) is 6.99. The van der Waals surface area contributed by atoms with Crippen LogP contribution in [0.3, 0.4) is 0 Å². The average Bonchev–Trinajstić information content (AvgIpc) is 3.14. The van der Waals surface area contributed by atoms with Crippen LogP contribution in [-0.4, -0.2) is 12.6 Å². The van der Waals surface area contributed by atoms with E-state index in [4.69, 9.17) is 21.1 Å². The Morgan fingerprint density at radius 3 is 2.60 bits per heavy atom. The molecule has 2 aromatic carbocycles. The van der Waals surface area contributed by atoms with Crippen molar-refractivity contribution in [1.82, 2.24) is 0 Å². The second kappa shape index (κ2) is 9.12. The highest BCUT2D eigenvalue weighted by molar-refractivity contribution is 6.31. The van der Waals surface area contributed by atoms with Gasteiger partial charge in [0.1, 0.15) is 13.2 Å². The van der Waals surface area contributed by atoms with E-state index >= 15 is 0 Å². The van der Waals surface area contributed by atoms with Crippen LogP contribution in [0.1, 0.15) is 43.7 Å². The summed E-state index contributed by atoms with van der Waals surface area (Å²) in [5.74, 6) is 1.58. The molecule has 1 saturated carbocycles. The van der Waals surface area contributed by atoms with E-state index < -0.39 is 0 Å². The lowest BCUT2D eigenvalue weighted by atomic mass is 10.1. The van der Waals surface area contributed by atoms with E-state index in [1.807, 2.05) is 37.3 Å². The lowest BCUT2D eigenvalue weighted by Gasteiger charge is -2.14. The van der Waals surface area contributed by atoms with E-state index in [0.29, 0.717) is 13.2 Å². The van der Waals surface area contributed by atoms with Gasteiger partial charge < -0.3 is 14.8 Å². The molecule has 0 atom stereocenters. The van der Waals surface area contributed by atoms with Gasteiger partial charge in [-0.1, -0.05) is 29.8 Å². The fraction of sp³-hybridized carbons (Fsp3) is 0.429. The molecule has 1 aliphatic carbocycles. The second-order valence-electron chi connectivity index (χ2n) is 6.58. The first-order valence-corrected chi connectivity index (χ1v) is 9.59. The predicted molar refractivity (Wildman–Crippen MR) is 101 cm³/mol. The molecule has 0 amide bonds. The lowest BCUT2D eigenvalue weighted by Crippen LogP contribution is -2.87. The van der Waals surface area contributed by atoms with Crippen LogP contribution >= 0.6 is 11.6 Å². The van der Waals surface area contributed by atoms with Crippen LogP contribution in [0.2, 0.25) is 5.02 Å². The van der Waals surface area contributed by atoms with Crippen LogP contribution in [0.5, 0.6) is 11.5 Å². The van der Waals surface area contributed by atoms with E-state index in [1.165, 1.54) is 31.2 Å². The minimum atomic E-state index is 0.438. The monoisotopic (exact) mass is 360 g/mol. The summed E-state index contributed by atoms with van der Waals surface area (Å²) >= 11 is 6.20. The highest BCUT2D eigenvalue weighted by Crippen LogP contribution is 2.30. The minimum Gasteiger partial charge on any atom is -0.490 e. The van der Waals surface area contributed by atoms with Crippen molar-refractivity contribution in [2.75, 3.05) is 6.61 Å². The van der Waals surface area contributed by atoms with Gasteiger partial charge in [0.2, 0.25) is 0 Å². The van der Waals surface area contributed by atoms with E-state index in [9.17, 15) is 0 Å². The van der Waals surface area contributed by atoms with Gasteiger partial charge in [0.15, 0.2) is 11.5 Å². The highest BCUT2D eigenvalue weighted by Gasteiger charge is 2.18. The molecule has 2 aromatic rings. The molecule has 134 valence electrons. The molecular formula is C21H27ClNO2+. The van der Waals surface area contributed by atoms with Crippen molar-refractivity contribution in [1.29, 1.82) is 0 Å². The molecule has 3 rings (SSSR count). The molecule has 0 aliphatic heterocycles. The Morgan fingerprint density at radius 1 is 1.04 bits per heavy atom. The number of hydrogen-bond acceptors (Lipinski definition) is 2. The summed E-state index contributed by atoms with van der Waals surface area (Å²) in [4.78, 5) is 0. The van der Waals surface area contributed by atoms with Crippen LogP contribution < -0.4 is 14.8 Å². The van der Waals surface area contributed by atoms with Crippen LogP contribution in [-0.2, 0) is 13.2 Å². The van der Waals surface area contributed by atoms with Gasteiger partial charge >= 0.3 is 0 Å². The normalized spacial score (nSPS) is 14.6. The molecule has 0 heterocycles. The van der Waals surface area contributed by atoms with Gasteiger partial charge in [-0.15, -0.1) is 0 Å². The van der Waals surface area contributed by atoms with E-state index in [2.05, 4.69) is 17.4 Å². The standard InChI is InChI=1S/C21H26ClNO2/c1-2-24-21-13-16(14-23-18-8-4-5-9-18)11-12-20(21)25-15-17-7-3-6-10-19(17)22/h3,6-7,10-13,18,23H,2,4-5,8-9,14-15H2,1H3/p+1. The topological polar surface area (TPSA) is 35.1 Å². The number of quaternary nitrogens is 1. The summed E-state index contributed by atoms with van der Waals surface area (Å²) in [5, 5.41) is 3.19. The highest BCUT2D eigenvalue weighted by atomic mass is 35.5. The molecule has 0 unspecified atom stereocenters. The number of ether oxygens (including phenoxy) is 2. The molecule has 2 N–H and O–H groups in total.